The van der Waals surface area contributed by atoms with Gasteiger partial charge in [-0.25, -0.2) is 12.8 Å². The van der Waals surface area contributed by atoms with Crippen molar-refractivity contribution in [3.63, 3.8) is 0 Å². The lowest BCUT2D eigenvalue weighted by molar-refractivity contribution is -0.135. The fraction of sp³-hybridized carbons (Fsp3) is 0.364. The quantitative estimate of drug-likeness (QED) is 0.699. The minimum Gasteiger partial charge on any atom is -0.341 e. The molecule has 2 aliphatic rings. The molecule has 2 amide bonds. The summed E-state index contributed by atoms with van der Waals surface area (Å²) >= 11 is 5.90. The third-order valence-corrected chi connectivity index (χ3v) is 8.28. The van der Waals surface area contributed by atoms with E-state index in [1.54, 1.807) is 35.2 Å². The standard InChI is InChI=1S/C22H22ClFN2O4S/c23-16-5-7-17(8-6-16)26-14-15(13-21(26)27)22(28)25-10-9-20(31(29,30)12-11-25)18-3-1-2-4-19(18)24/h1-8,15,20H,9-14H2. The monoisotopic (exact) mass is 464 g/mol. The Morgan fingerprint density at radius 3 is 2.48 bits per heavy atom. The molecule has 2 atom stereocenters. The summed E-state index contributed by atoms with van der Waals surface area (Å²) in [6, 6.07) is 12.7. The Bertz CT molecular complexity index is 1110. The van der Waals surface area contributed by atoms with E-state index in [9.17, 15) is 22.4 Å². The van der Waals surface area contributed by atoms with E-state index in [-0.39, 0.29) is 55.6 Å². The molecule has 31 heavy (non-hydrogen) atoms. The van der Waals surface area contributed by atoms with Gasteiger partial charge in [-0.05, 0) is 36.8 Å². The zero-order chi connectivity index (χ0) is 22.2. The number of hydrogen-bond acceptors (Lipinski definition) is 4. The fourth-order valence-corrected chi connectivity index (χ4v) is 6.18. The molecular formula is C22H22ClFN2O4S. The molecule has 0 spiro atoms. The lowest BCUT2D eigenvalue weighted by Crippen LogP contribution is -2.39. The molecule has 4 rings (SSSR count). The van der Waals surface area contributed by atoms with Crippen LogP contribution in [0.2, 0.25) is 5.02 Å². The van der Waals surface area contributed by atoms with Crippen molar-refractivity contribution in [2.45, 2.75) is 18.1 Å². The lowest BCUT2D eigenvalue weighted by Gasteiger charge is -2.23. The second-order valence-corrected chi connectivity index (χ2v) is 10.6. The molecule has 2 aromatic carbocycles. The number of carbonyl (C=O) groups excluding carboxylic acids is 2. The maximum Gasteiger partial charge on any atom is 0.228 e. The molecular weight excluding hydrogens is 443 g/mol. The van der Waals surface area contributed by atoms with E-state index in [0.717, 1.165) is 0 Å². The zero-order valence-corrected chi connectivity index (χ0v) is 18.3. The number of amides is 2. The number of rotatable bonds is 3. The van der Waals surface area contributed by atoms with Gasteiger partial charge in [0, 0.05) is 42.3 Å². The predicted octanol–water partition coefficient (Wildman–Crippen LogP) is 3.22. The van der Waals surface area contributed by atoms with Crippen molar-refractivity contribution in [3.05, 3.63) is 64.9 Å². The number of hydrogen-bond donors (Lipinski definition) is 0. The van der Waals surface area contributed by atoms with Crippen LogP contribution < -0.4 is 4.90 Å². The van der Waals surface area contributed by atoms with Crippen LogP contribution in [0.15, 0.2) is 48.5 Å². The Hall–Kier alpha value is -2.45. The molecule has 9 heteroatoms. The van der Waals surface area contributed by atoms with E-state index in [1.807, 2.05) is 0 Å². The van der Waals surface area contributed by atoms with Crippen LogP contribution in [0.4, 0.5) is 10.1 Å². The molecule has 6 nitrogen and oxygen atoms in total. The first kappa shape index (κ1) is 21.8. The van der Waals surface area contributed by atoms with Crippen LogP contribution >= 0.6 is 11.6 Å². The number of benzene rings is 2. The first-order valence-corrected chi connectivity index (χ1v) is 12.2. The average Bonchev–Trinajstić information content (AvgIpc) is 3.05. The van der Waals surface area contributed by atoms with Crippen molar-refractivity contribution in [3.8, 4) is 0 Å². The molecule has 2 aromatic rings. The lowest BCUT2D eigenvalue weighted by atomic mass is 10.1. The van der Waals surface area contributed by atoms with E-state index >= 15 is 0 Å². The molecule has 0 bridgehead atoms. The van der Waals surface area contributed by atoms with Crippen molar-refractivity contribution in [2.24, 2.45) is 5.92 Å². The highest BCUT2D eigenvalue weighted by Crippen LogP contribution is 2.33. The van der Waals surface area contributed by atoms with Gasteiger partial charge in [-0.15, -0.1) is 0 Å². The first-order valence-electron chi connectivity index (χ1n) is 10.1. The number of halogens is 2. The van der Waals surface area contributed by atoms with Gasteiger partial charge in [-0.2, -0.15) is 0 Å². The van der Waals surface area contributed by atoms with E-state index < -0.39 is 26.8 Å². The third kappa shape index (κ3) is 4.45. The van der Waals surface area contributed by atoms with Gasteiger partial charge in [0.1, 0.15) is 5.82 Å². The van der Waals surface area contributed by atoms with E-state index in [2.05, 4.69) is 0 Å². The average molecular weight is 465 g/mol. The smallest absolute Gasteiger partial charge is 0.228 e. The number of sulfone groups is 1. The molecule has 0 radical (unpaired) electrons. The molecule has 0 aliphatic carbocycles. The molecule has 2 fully saturated rings. The number of nitrogens with zero attached hydrogens (tertiary/aromatic N) is 2. The van der Waals surface area contributed by atoms with Crippen molar-refractivity contribution >= 4 is 38.9 Å². The van der Waals surface area contributed by atoms with Gasteiger partial charge in [0.15, 0.2) is 9.84 Å². The van der Waals surface area contributed by atoms with Crippen LogP contribution in [0.1, 0.15) is 23.7 Å². The van der Waals surface area contributed by atoms with Gasteiger partial charge >= 0.3 is 0 Å². The SMILES string of the molecule is O=C(C1CC(=O)N(c2ccc(Cl)cc2)C1)N1CCC(c2ccccc2F)S(=O)(=O)CC1. The molecule has 0 saturated carbocycles. The largest absolute Gasteiger partial charge is 0.341 e. The molecule has 2 aliphatic heterocycles. The van der Waals surface area contributed by atoms with Crippen LogP contribution in [-0.4, -0.2) is 50.5 Å². The summed E-state index contributed by atoms with van der Waals surface area (Å²) in [5.74, 6) is -1.74. The van der Waals surface area contributed by atoms with Crippen molar-refractivity contribution < 1.29 is 22.4 Å². The number of anilines is 1. The van der Waals surface area contributed by atoms with Crippen LogP contribution in [0.3, 0.4) is 0 Å². The Morgan fingerprint density at radius 1 is 1.06 bits per heavy atom. The second kappa shape index (κ2) is 8.59. The highest BCUT2D eigenvalue weighted by molar-refractivity contribution is 7.91. The van der Waals surface area contributed by atoms with Crippen molar-refractivity contribution in [1.82, 2.24) is 4.90 Å². The fourth-order valence-electron chi connectivity index (χ4n) is 4.25. The molecule has 0 N–H and O–H groups in total. The van der Waals surface area contributed by atoms with Gasteiger partial charge in [-0.3, -0.25) is 9.59 Å². The van der Waals surface area contributed by atoms with Gasteiger partial charge in [0.05, 0.1) is 16.9 Å². The highest BCUT2D eigenvalue weighted by atomic mass is 35.5. The van der Waals surface area contributed by atoms with Gasteiger partial charge in [-0.1, -0.05) is 29.8 Å². The van der Waals surface area contributed by atoms with Gasteiger partial charge in [0.25, 0.3) is 0 Å². The van der Waals surface area contributed by atoms with E-state index in [1.165, 1.54) is 23.1 Å². The van der Waals surface area contributed by atoms with Gasteiger partial charge < -0.3 is 9.80 Å². The maximum absolute atomic E-state index is 14.2. The summed E-state index contributed by atoms with van der Waals surface area (Å²) in [4.78, 5) is 28.6. The predicted molar refractivity (Wildman–Crippen MR) is 116 cm³/mol. The summed E-state index contributed by atoms with van der Waals surface area (Å²) in [6.07, 6.45) is 0.192. The summed E-state index contributed by atoms with van der Waals surface area (Å²) < 4.78 is 39.8. The van der Waals surface area contributed by atoms with Crippen LogP contribution in [0.5, 0.6) is 0 Å². The highest BCUT2D eigenvalue weighted by Gasteiger charge is 2.40. The Kier molecular flexibility index (Phi) is 6.03. The Balaban J connectivity index is 1.48. The minimum atomic E-state index is -3.62. The molecule has 2 heterocycles. The van der Waals surface area contributed by atoms with Crippen LogP contribution in [0, 0.1) is 11.7 Å². The summed E-state index contributed by atoms with van der Waals surface area (Å²) in [6.45, 7) is 0.472. The molecule has 2 saturated heterocycles. The van der Waals surface area contributed by atoms with Crippen LogP contribution in [0.25, 0.3) is 0 Å². The Morgan fingerprint density at radius 2 is 1.77 bits per heavy atom. The summed E-state index contributed by atoms with van der Waals surface area (Å²) in [7, 11) is -3.62. The Labute approximate surface area is 185 Å². The molecule has 164 valence electrons. The summed E-state index contributed by atoms with van der Waals surface area (Å²) in [5.41, 5.74) is 0.810. The van der Waals surface area contributed by atoms with Crippen LogP contribution in [-0.2, 0) is 19.4 Å². The molecule has 0 aromatic heterocycles. The molecule has 2 unspecified atom stereocenters. The minimum absolute atomic E-state index is 0.0394. The second-order valence-electron chi connectivity index (χ2n) is 7.87. The van der Waals surface area contributed by atoms with Crippen molar-refractivity contribution in [1.29, 1.82) is 0 Å². The van der Waals surface area contributed by atoms with E-state index in [4.69, 9.17) is 11.6 Å². The third-order valence-electron chi connectivity index (χ3n) is 5.92. The number of carbonyl (C=O) groups is 2. The topological polar surface area (TPSA) is 74.8 Å². The first-order chi connectivity index (χ1) is 14.8. The van der Waals surface area contributed by atoms with Gasteiger partial charge in [0.2, 0.25) is 11.8 Å². The van der Waals surface area contributed by atoms with Crippen molar-refractivity contribution in [2.75, 3.05) is 30.3 Å². The van der Waals surface area contributed by atoms with E-state index in [0.29, 0.717) is 10.7 Å². The normalized spacial score (nSPS) is 23.6. The maximum atomic E-state index is 14.2. The zero-order valence-electron chi connectivity index (χ0n) is 16.7. The summed E-state index contributed by atoms with van der Waals surface area (Å²) in [5, 5.41) is -0.430.